The minimum Gasteiger partial charge on any atom is -0.486 e. The monoisotopic (exact) mass is 460 g/mol. The molecular formula is C23H28N2O6S. The second-order valence-corrected chi connectivity index (χ2v) is 10.1. The standard InChI is InChI=1S/C23H28N2O6S/c1-16(2)22(17-6-7-20-21(15-17)31-13-12-30-20)24-23(26)18-4-3-5-19(14-18)32(27,28)25-8-10-29-11-9-25/h3-7,14-16,22H,8-13H2,1-2H3,(H,24,26)/t22-/m1/s1. The summed E-state index contributed by atoms with van der Waals surface area (Å²) < 4.78 is 43.8. The van der Waals surface area contributed by atoms with Crippen LogP contribution in [0.2, 0.25) is 0 Å². The Morgan fingerprint density at radius 1 is 0.969 bits per heavy atom. The van der Waals surface area contributed by atoms with E-state index in [-0.39, 0.29) is 22.8 Å². The number of hydrogen-bond acceptors (Lipinski definition) is 6. The Hall–Kier alpha value is -2.62. The van der Waals surface area contributed by atoms with Gasteiger partial charge in [-0.25, -0.2) is 8.42 Å². The highest BCUT2D eigenvalue weighted by atomic mass is 32.2. The molecule has 0 aliphatic carbocycles. The van der Waals surface area contributed by atoms with Crippen LogP contribution in [0.5, 0.6) is 11.5 Å². The van der Waals surface area contributed by atoms with Crippen molar-refractivity contribution in [2.45, 2.75) is 24.8 Å². The Balaban J connectivity index is 1.55. The number of sulfonamides is 1. The summed E-state index contributed by atoms with van der Waals surface area (Å²) in [6.07, 6.45) is 0. The predicted molar refractivity (Wildman–Crippen MR) is 118 cm³/mol. The number of benzene rings is 2. The van der Waals surface area contributed by atoms with Gasteiger partial charge < -0.3 is 19.5 Å². The first-order valence-corrected chi connectivity index (χ1v) is 12.2. The molecule has 2 aliphatic rings. The zero-order valence-corrected chi connectivity index (χ0v) is 19.1. The number of ether oxygens (including phenoxy) is 3. The Bertz CT molecular complexity index is 1080. The molecule has 0 aromatic heterocycles. The highest BCUT2D eigenvalue weighted by Gasteiger charge is 2.28. The van der Waals surface area contributed by atoms with Gasteiger partial charge in [-0.05, 0) is 41.8 Å². The molecule has 1 atom stereocenters. The van der Waals surface area contributed by atoms with Gasteiger partial charge in [-0.3, -0.25) is 4.79 Å². The minimum absolute atomic E-state index is 0.0989. The van der Waals surface area contributed by atoms with E-state index >= 15 is 0 Å². The molecule has 1 saturated heterocycles. The van der Waals surface area contributed by atoms with E-state index in [1.807, 2.05) is 32.0 Å². The fourth-order valence-electron chi connectivity index (χ4n) is 3.85. The van der Waals surface area contributed by atoms with Crippen molar-refractivity contribution in [3.05, 3.63) is 53.6 Å². The summed E-state index contributed by atoms with van der Waals surface area (Å²) in [7, 11) is -3.68. The number of carbonyl (C=O) groups is 1. The van der Waals surface area contributed by atoms with E-state index in [1.165, 1.54) is 16.4 Å². The van der Waals surface area contributed by atoms with Crippen LogP contribution in [0.4, 0.5) is 0 Å². The van der Waals surface area contributed by atoms with Gasteiger partial charge in [-0.1, -0.05) is 26.0 Å². The maximum atomic E-state index is 13.1. The van der Waals surface area contributed by atoms with E-state index in [4.69, 9.17) is 14.2 Å². The molecule has 9 heteroatoms. The van der Waals surface area contributed by atoms with E-state index in [2.05, 4.69) is 5.32 Å². The second kappa shape index (κ2) is 9.48. The molecule has 2 aromatic rings. The third kappa shape index (κ3) is 4.74. The Morgan fingerprint density at radius 3 is 2.41 bits per heavy atom. The average Bonchev–Trinajstić information content (AvgIpc) is 2.82. The van der Waals surface area contributed by atoms with Crippen LogP contribution in [0.25, 0.3) is 0 Å². The lowest BCUT2D eigenvalue weighted by atomic mass is 9.95. The largest absolute Gasteiger partial charge is 0.486 e. The molecule has 172 valence electrons. The van der Waals surface area contributed by atoms with Crippen LogP contribution in [-0.4, -0.2) is 58.1 Å². The smallest absolute Gasteiger partial charge is 0.251 e. The quantitative estimate of drug-likeness (QED) is 0.712. The fourth-order valence-corrected chi connectivity index (χ4v) is 5.30. The first kappa shape index (κ1) is 22.6. The number of fused-ring (bicyclic) bond motifs is 1. The van der Waals surface area contributed by atoms with E-state index in [0.717, 1.165) is 5.56 Å². The topological polar surface area (TPSA) is 94.2 Å². The maximum absolute atomic E-state index is 13.1. The molecule has 0 spiro atoms. The van der Waals surface area contributed by atoms with Crippen molar-refractivity contribution in [1.29, 1.82) is 0 Å². The van der Waals surface area contributed by atoms with Gasteiger partial charge in [0.15, 0.2) is 11.5 Å². The first-order valence-electron chi connectivity index (χ1n) is 10.7. The van der Waals surface area contributed by atoms with Crippen LogP contribution in [-0.2, 0) is 14.8 Å². The highest BCUT2D eigenvalue weighted by Crippen LogP contribution is 2.34. The number of carbonyl (C=O) groups excluding carboxylic acids is 1. The van der Waals surface area contributed by atoms with Gasteiger partial charge in [0.25, 0.3) is 5.91 Å². The molecule has 2 heterocycles. The molecule has 2 aromatic carbocycles. The predicted octanol–water partition coefficient (Wildman–Crippen LogP) is 2.61. The molecule has 1 fully saturated rings. The van der Waals surface area contributed by atoms with Crippen molar-refractivity contribution < 1.29 is 27.4 Å². The van der Waals surface area contributed by atoms with Crippen molar-refractivity contribution in [3.8, 4) is 11.5 Å². The van der Waals surface area contributed by atoms with Gasteiger partial charge in [0, 0.05) is 18.7 Å². The minimum atomic E-state index is -3.68. The molecule has 32 heavy (non-hydrogen) atoms. The molecule has 8 nitrogen and oxygen atoms in total. The number of morpholine rings is 1. The van der Waals surface area contributed by atoms with Crippen LogP contribution in [0.3, 0.4) is 0 Å². The molecule has 0 saturated carbocycles. The molecule has 1 N–H and O–H groups in total. The number of hydrogen-bond donors (Lipinski definition) is 1. The summed E-state index contributed by atoms with van der Waals surface area (Å²) in [5, 5.41) is 3.05. The summed E-state index contributed by atoms with van der Waals surface area (Å²) in [5.41, 5.74) is 1.19. The van der Waals surface area contributed by atoms with Gasteiger partial charge in [-0.15, -0.1) is 0 Å². The molecule has 4 rings (SSSR count). The van der Waals surface area contributed by atoms with Crippen LogP contribution in [0, 0.1) is 5.92 Å². The van der Waals surface area contributed by atoms with Crippen LogP contribution >= 0.6 is 0 Å². The van der Waals surface area contributed by atoms with Crippen LogP contribution in [0.15, 0.2) is 47.4 Å². The van der Waals surface area contributed by atoms with Crippen molar-refractivity contribution in [2.24, 2.45) is 5.92 Å². The van der Waals surface area contributed by atoms with Gasteiger partial charge in [0.05, 0.1) is 24.2 Å². The zero-order chi connectivity index (χ0) is 22.7. The first-order chi connectivity index (χ1) is 15.4. The summed E-state index contributed by atoms with van der Waals surface area (Å²) in [6, 6.07) is 11.5. The van der Waals surface area contributed by atoms with Gasteiger partial charge in [0.1, 0.15) is 13.2 Å². The Labute approximate surface area is 188 Å². The van der Waals surface area contributed by atoms with Gasteiger partial charge in [0.2, 0.25) is 10.0 Å². The molecule has 0 unspecified atom stereocenters. The van der Waals surface area contributed by atoms with Gasteiger partial charge >= 0.3 is 0 Å². The lowest BCUT2D eigenvalue weighted by Crippen LogP contribution is -2.40. The maximum Gasteiger partial charge on any atom is 0.251 e. The lowest BCUT2D eigenvalue weighted by Gasteiger charge is -2.26. The third-order valence-corrected chi connectivity index (χ3v) is 7.48. The van der Waals surface area contributed by atoms with E-state index in [9.17, 15) is 13.2 Å². The number of rotatable bonds is 6. The van der Waals surface area contributed by atoms with Crippen molar-refractivity contribution in [3.63, 3.8) is 0 Å². The summed E-state index contributed by atoms with van der Waals surface area (Å²) >= 11 is 0. The number of nitrogens with one attached hydrogen (secondary N) is 1. The van der Waals surface area contributed by atoms with Gasteiger partial charge in [-0.2, -0.15) is 4.31 Å². The highest BCUT2D eigenvalue weighted by molar-refractivity contribution is 7.89. The fraction of sp³-hybridized carbons (Fsp3) is 0.435. The molecule has 0 bridgehead atoms. The van der Waals surface area contributed by atoms with Crippen molar-refractivity contribution >= 4 is 15.9 Å². The van der Waals surface area contributed by atoms with Crippen LogP contribution < -0.4 is 14.8 Å². The molecule has 1 amide bonds. The zero-order valence-electron chi connectivity index (χ0n) is 18.2. The molecule has 2 aliphatic heterocycles. The summed E-state index contributed by atoms with van der Waals surface area (Å²) in [4.78, 5) is 13.2. The van der Waals surface area contributed by atoms with Crippen molar-refractivity contribution in [2.75, 3.05) is 39.5 Å². The molecular weight excluding hydrogens is 432 g/mol. The molecule has 0 radical (unpaired) electrons. The third-order valence-electron chi connectivity index (χ3n) is 5.58. The van der Waals surface area contributed by atoms with Crippen LogP contribution in [0.1, 0.15) is 35.8 Å². The lowest BCUT2D eigenvalue weighted by molar-refractivity contribution is 0.0730. The Morgan fingerprint density at radius 2 is 1.69 bits per heavy atom. The van der Waals surface area contributed by atoms with E-state index < -0.39 is 10.0 Å². The summed E-state index contributed by atoms with van der Waals surface area (Å²) in [6.45, 7) is 6.37. The van der Waals surface area contributed by atoms with E-state index in [0.29, 0.717) is 56.6 Å². The van der Waals surface area contributed by atoms with Crippen molar-refractivity contribution in [1.82, 2.24) is 9.62 Å². The van der Waals surface area contributed by atoms with E-state index in [1.54, 1.807) is 12.1 Å². The second-order valence-electron chi connectivity index (χ2n) is 8.14. The normalized spacial score (nSPS) is 17.7. The Kier molecular flexibility index (Phi) is 6.68. The number of amides is 1. The number of nitrogens with zero attached hydrogens (tertiary/aromatic N) is 1. The average molecular weight is 461 g/mol. The SMILES string of the molecule is CC(C)[C@@H](NC(=O)c1cccc(S(=O)(=O)N2CCOCC2)c1)c1ccc2c(c1)OCCO2. The summed E-state index contributed by atoms with van der Waals surface area (Å²) in [5.74, 6) is 1.11.